The van der Waals surface area contributed by atoms with E-state index < -0.39 is 0 Å². The fraction of sp³-hybridized carbons (Fsp3) is 0.375. The van der Waals surface area contributed by atoms with Crippen LogP contribution in [-0.4, -0.2) is 25.7 Å². The number of hydrogen-bond donors (Lipinski definition) is 0. The normalized spacial score (nSPS) is 27.0. The number of fused-ring (bicyclic) bond motifs is 5. The fourth-order valence-corrected chi connectivity index (χ4v) is 5.09. The lowest BCUT2D eigenvalue weighted by atomic mass is 9.86. The van der Waals surface area contributed by atoms with Gasteiger partial charge in [-0.3, -0.25) is 0 Å². The molecular weight excluding hydrogens is 362 g/mol. The highest BCUT2D eigenvalue weighted by molar-refractivity contribution is 5.89. The van der Waals surface area contributed by atoms with E-state index in [1.165, 1.54) is 25.2 Å². The van der Waals surface area contributed by atoms with E-state index in [-0.39, 0.29) is 5.97 Å². The molecule has 2 aromatic rings. The van der Waals surface area contributed by atoms with Gasteiger partial charge in [0.05, 0.1) is 23.5 Å². The molecule has 1 heterocycles. The SMILES string of the molecule is CCOC(=O)c1ccc(N=Nc2ccc(N3CC4C5C=CC(C5)C4C3)cc2)cc1. The summed E-state index contributed by atoms with van der Waals surface area (Å²) in [6.45, 7) is 4.50. The predicted molar refractivity (Wildman–Crippen MR) is 113 cm³/mol. The second kappa shape index (κ2) is 7.47. The molecule has 148 valence electrons. The standard InChI is InChI=1S/C24H25N3O2/c1-2-29-24(28)16-5-7-19(8-6-16)25-26-20-9-11-21(12-10-20)27-14-22-17-3-4-18(13-17)23(22)15-27/h3-12,17-18,22-23H,2,13-15H2,1H3. The summed E-state index contributed by atoms with van der Waals surface area (Å²) < 4.78 is 4.99. The number of azo groups is 1. The molecule has 1 saturated carbocycles. The molecule has 4 atom stereocenters. The molecule has 29 heavy (non-hydrogen) atoms. The van der Waals surface area contributed by atoms with E-state index in [0.29, 0.717) is 17.9 Å². The quantitative estimate of drug-likeness (QED) is 0.385. The number of carbonyl (C=O) groups is 1. The van der Waals surface area contributed by atoms with Crippen molar-refractivity contribution < 1.29 is 9.53 Å². The number of nitrogens with zero attached hydrogens (tertiary/aromatic N) is 3. The van der Waals surface area contributed by atoms with Crippen molar-refractivity contribution in [3.05, 3.63) is 66.2 Å². The van der Waals surface area contributed by atoms with E-state index in [1.807, 2.05) is 12.1 Å². The summed E-state index contributed by atoms with van der Waals surface area (Å²) in [7, 11) is 0. The first-order valence-electron chi connectivity index (χ1n) is 10.4. The molecule has 4 unspecified atom stereocenters. The Morgan fingerprint density at radius 3 is 2.03 bits per heavy atom. The van der Waals surface area contributed by atoms with Gasteiger partial charge in [0.1, 0.15) is 0 Å². The van der Waals surface area contributed by atoms with Crippen molar-refractivity contribution in [2.24, 2.45) is 33.9 Å². The van der Waals surface area contributed by atoms with E-state index in [0.717, 1.165) is 29.4 Å². The summed E-state index contributed by atoms with van der Waals surface area (Å²) in [5, 5.41) is 8.60. The second-order valence-electron chi connectivity index (χ2n) is 8.16. The molecule has 2 aromatic carbocycles. The first-order chi connectivity index (χ1) is 14.2. The van der Waals surface area contributed by atoms with Gasteiger partial charge in [0.15, 0.2) is 0 Å². The minimum absolute atomic E-state index is 0.318. The molecule has 3 aliphatic rings. The molecule has 5 heteroatoms. The number of ether oxygens (including phenoxy) is 1. The lowest BCUT2D eigenvalue weighted by molar-refractivity contribution is 0.0526. The maximum Gasteiger partial charge on any atom is 0.338 e. The summed E-state index contributed by atoms with van der Waals surface area (Å²) in [5.41, 5.74) is 3.33. The van der Waals surface area contributed by atoms with Crippen molar-refractivity contribution in [2.75, 3.05) is 24.6 Å². The Balaban J connectivity index is 1.21. The van der Waals surface area contributed by atoms with E-state index >= 15 is 0 Å². The van der Waals surface area contributed by atoms with Gasteiger partial charge in [-0.1, -0.05) is 12.2 Å². The van der Waals surface area contributed by atoms with Gasteiger partial charge in [-0.25, -0.2) is 4.79 Å². The summed E-state index contributed by atoms with van der Waals surface area (Å²) >= 11 is 0. The van der Waals surface area contributed by atoms with Crippen LogP contribution in [0.5, 0.6) is 0 Å². The zero-order valence-corrected chi connectivity index (χ0v) is 16.6. The lowest BCUT2D eigenvalue weighted by Gasteiger charge is -2.20. The third-order valence-corrected chi connectivity index (χ3v) is 6.54. The van der Waals surface area contributed by atoms with Crippen LogP contribution in [-0.2, 0) is 4.74 Å². The topological polar surface area (TPSA) is 54.3 Å². The maximum atomic E-state index is 11.7. The highest BCUT2D eigenvalue weighted by atomic mass is 16.5. The van der Waals surface area contributed by atoms with Crippen LogP contribution in [0.1, 0.15) is 23.7 Å². The number of anilines is 1. The van der Waals surface area contributed by atoms with Crippen molar-refractivity contribution in [1.82, 2.24) is 0 Å². The molecule has 5 nitrogen and oxygen atoms in total. The zero-order chi connectivity index (χ0) is 19.8. The highest BCUT2D eigenvalue weighted by Crippen LogP contribution is 2.51. The average molecular weight is 387 g/mol. The molecule has 0 aromatic heterocycles. The molecule has 1 saturated heterocycles. The maximum absolute atomic E-state index is 11.7. The number of rotatable bonds is 5. The number of hydrogen-bond acceptors (Lipinski definition) is 5. The molecule has 0 spiro atoms. The first-order valence-corrected chi connectivity index (χ1v) is 10.4. The smallest absolute Gasteiger partial charge is 0.338 e. The summed E-state index contributed by atoms with van der Waals surface area (Å²) in [5.74, 6) is 2.96. The molecule has 0 N–H and O–H groups in total. The van der Waals surface area contributed by atoms with Crippen molar-refractivity contribution in [3.63, 3.8) is 0 Å². The highest BCUT2D eigenvalue weighted by Gasteiger charge is 2.49. The van der Waals surface area contributed by atoms with Gasteiger partial charge in [-0.2, -0.15) is 10.2 Å². The zero-order valence-electron chi connectivity index (χ0n) is 16.6. The third-order valence-electron chi connectivity index (χ3n) is 6.54. The van der Waals surface area contributed by atoms with Gasteiger partial charge < -0.3 is 9.64 Å². The predicted octanol–water partition coefficient (Wildman–Crippen LogP) is 5.54. The number of allylic oxidation sites excluding steroid dienone is 2. The number of benzene rings is 2. The van der Waals surface area contributed by atoms with Crippen molar-refractivity contribution >= 4 is 23.0 Å². The largest absolute Gasteiger partial charge is 0.462 e. The van der Waals surface area contributed by atoms with Crippen LogP contribution in [0.4, 0.5) is 17.1 Å². The fourth-order valence-electron chi connectivity index (χ4n) is 5.09. The Labute approximate surface area is 171 Å². The van der Waals surface area contributed by atoms with Crippen LogP contribution in [0.15, 0.2) is 70.9 Å². The number of carbonyl (C=O) groups excluding carboxylic acids is 1. The second-order valence-corrected chi connectivity index (χ2v) is 8.16. The summed E-state index contributed by atoms with van der Waals surface area (Å²) in [4.78, 5) is 14.2. The van der Waals surface area contributed by atoms with Crippen LogP contribution in [0.25, 0.3) is 0 Å². The van der Waals surface area contributed by atoms with E-state index in [9.17, 15) is 4.79 Å². The van der Waals surface area contributed by atoms with Crippen LogP contribution in [0, 0.1) is 23.7 Å². The summed E-state index contributed by atoms with van der Waals surface area (Å²) in [6, 6.07) is 15.3. The van der Waals surface area contributed by atoms with Crippen LogP contribution < -0.4 is 4.90 Å². The Morgan fingerprint density at radius 2 is 1.48 bits per heavy atom. The first kappa shape index (κ1) is 18.1. The Bertz CT molecular complexity index is 929. The van der Waals surface area contributed by atoms with Crippen LogP contribution in [0.2, 0.25) is 0 Å². The van der Waals surface area contributed by atoms with E-state index in [4.69, 9.17) is 4.74 Å². The van der Waals surface area contributed by atoms with Crippen molar-refractivity contribution in [1.29, 1.82) is 0 Å². The molecular formula is C24H25N3O2. The van der Waals surface area contributed by atoms with Crippen LogP contribution in [0.3, 0.4) is 0 Å². The van der Waals surface area contributed by atoms with Crippen molar-refractivity contribution in [3.8, 4) is 0 Å². The Hall–Kier alpha value is -2.95. The van der Waals surface area contributed by atoms with Crippen molar-refractivity contribution in [2.45, 2.75) is 13.3 Å². The molecule has 5 rings (SSSR count). The minimum atomic E-state index is -0.318. The van der Waals surface area contributed by atoms with Gasteiger partial charge >= 0.3 is 5.97 Å². The van der Waals surface area contributed by atoms with Gasteiger partial charge in [-0.05, 0) is 85.5 Å². The molecule has 0 radical (unpaired) electrons. The van der Waals surface area contributed by atoms with Gasteiger partial charge in [0.25, 0.3) is 0 Å². The monoisotopic (exact) mass is 387 g/mol. The average Bonchev–Trinajstić information content (AvgIpc) is 3.47. The third kappa shape index (κ3) is 3.46. The lowest BCUT2D eigenvalue weighted by Crippen LogP contribution is -2.22. The molecule has 0 amide bonds. The molecule has 2 aliphatic carbocycles. The molecule has 1 aliphatic heterocycles. The van der Waals surface area contributed by atoms with Crippen LogP contribution >= 0.6 is 0 Å². The van der Waals surface area contributed by atoms with Gasteiger partial charge in [-0.15, -0.1) is 0 Å². The molecule has 2 fully saturated rings. The number of esters is 1. The van der Waals surface area contributed by atoms with Gasteiger partial charge in [0.2, 0.25) is 0 Å². The molecule has 2 bridgehead atoms. The Kier molecular flexibility index (Phi) is 4.66. The minimum Gasteiger partial charge on any atom is -0.462 e. The summed E-state index contributed by atoms with van der Waals surface area (Å²) in [6.07, 6.45) is 6.26. The Morgan fingerprint density at radius 1 is 0.931 bits per heavy atom. The van der Waals surface area contributed by atoms with E-state index in [2.05, 4.69) is 39.4 Å². The van der Waals surface area contributed by atoms with E-state index in [1.54, 1.807) is 31.2 Å². The van der Waals surface area contributed by atoms with Gasteiger partial charge in [0, 0.05) is 18.8 Å².